The molecule has 1 aromatic heterocycles. The van der Waals surface area contributed by atoms with Crippen molar-refractivity contribution in [2.45, 2.75) is 26.4 Å². The first-order valence-electron chi connectivity index (χ1n) is 7.69. The van der Waals surface area contributed by atoms with Crippen LogP contribution in [0.1, 0.15) is 30.5 Å². The molecule has 0 saturated carbocycles. The number of aliphatic imine (C=N–C) groups is 1. The highest BCUT2D eigenvalue weighted by atomic mass is 19.4. The normalized spacial score (nSPS) is 13.8. The molecule has 3 rings (SSSR count). The van der Waals surface area contributed by atoms with Crippen molar-refractivity contribution in [1.29, 1.82) is 0 Å². The first kappa shape index (κ1) is 16.5. The molecule has 3 nitrogen and oxygen atoms in total. The molecule has 1 aliphatic rings. The Bertz CT molecular complexity index is 782. The SMILES string of the molecule is CC(C)COc1cnccc1C1=Nc2cc(C(F)(F)F)ccc2C1. The Morgan fingerprint density at radius 2 is 2.00 bits per heavy atom. The van der Waals surface area contributed by atoms with Crippen molar-refractivity contribution in [1.82, 2.24) is 4.98 Å². The monoisotopic (exact) mass is 334 g/mol. The fourth-order valence-corrected chi connectivity index (χ4v) is 2.50. The van der Waals surface area contributed by atoms with E-state index in [4.69, 9.17) is 4.74 Å². The molecule has 0 saturated heterocycles. The highest BCUT2D eigenvalue weighted by Gasteiger charge is 2.32. The minimum Gasteiger partial charge on any atom is -0.491 e. The molecule has 0 atom stereocenters. The van der Waals surface area contributed by atoms with Crippen LogP contribution in [0.5, 0.6) is 5.75 Å². The summed E-state index contributed by atoms with van der Waals surface area (Å²) in [6, 6.07) is 5.47. The molecule has 0 N–H and O–H groups in total. The van der Waals surface area contributed by atoms with Gasteiger partial charge in [0.2, 0.25) is 0 Å². The molecule has 0 fully saturated rings. The Morgan fingerprint density at radius 1 is 1.21 bits per heavy atom. The summed E-state index contributed by atoms with van der Waals surface area (Å²) in [6.45, 7) is 4.62. The third-order valence-corrected chi connectivity index (χ3v) is 3.69. The summed E-state index contributed by atoms with van der Waals surface area (Å²) >= 11 is 0. The van der Waals surface area contributed by atoms with Crippen LogP contribution in [0.2, 0.25) is 0 Å². The van der Waals surface area contributed by atoms with Crippen LogP contribution in [-0.4, -0.2) is 17.3 Å². The number of ether oxygens (including phenoxy) is 1. The van der Waals surface area contributed by atoms with E-state index < -0.39 is 11.7 Å². The van der Waals surface area contributed by atoms with Crippen molar-refractivity contribution in [2.75, 3.05) is 6.61 Å². The van der Waals surface area contributed by atoms with Crippen molar-refractivity contribution in [2.24, 2.45) is 10.9 Å². The zero-order chi connectivity index (χ0) is 17.3. The topological polar surface area (TPSA) is 34.5 Å². The third-order valence-electron chi connectivity index (χ3n) is 3.69. The van der Waals surface area contributed by atoms with E-state index in [0.29, 0.717) is 36.1 Å². The summed E-state index contributed by atoms with van der Waals surface area (Å²) in [6.07, 6.45) is -0.639. The number of rotatable bonds is 4. The molecule has 1 aromatic carbocycles. The summed E-state index contributed by atoms with van der Waals surface area (Å²) < 4.78 is 44.3. The lowest BCUT2D eigenvalue weighted by Gasteiger charge is -2.12. The molecule has 24 heavy (non-hydrogen) atoms. The number of hydrogen-bond acceptors (Lipinski definition) is 3. The van der Waals surface area contributed by atoms with Crippen LogP contribution in [0.25, 0.3) is 0 Å². The van der Waals surface area contributed by atoms with Crippen molar-refractivity contribution in [3.63, 3.8) is 0 Å². The Labute approximate surface area is 138 Å². The minimum absolute atomic E-state index is 0.357. The predicted octanol–water partition coefficient (Wildman–Crippen LogP) is 4.81. The molecule has 6 heteroatoms. The van der Waals surface area contributed by atoms with Crippen LogP contribution in [0, 0.1) is 5.92 Å². The van der Waals surface area contributed by atoms with E-state index in [1.54, 1.807) is 18.5 Å². The number of hydrogen-bond donors (Lipinski definition) is 0. The Balaban J connectivity index is 1.91. The number of pyridine rings is 1. The van der Waals surface area contributed by atoms with Gasteiger partial charge in [0.25, 0.3) is 0 Å². The summed E-state index contributed by atoms with van der Waals surface area (Å²) in [4.78, 5) is 8.45. The second-order valence-electron chi connectivity index (χ2n) is 6.15. The Hall–Kier alpha value is -2.37. The number of benzene rings is 1. The first-order valence-corrected chi connectivity index (χ1v) is 7.69. The van der Waals surface area contributed by atoms with Crippen molar-refractivity contribution in [3.8, 4) is 5.75 Å². The van der Waals surface area contributed by atoms with Crippen molar-refractivity contribution in [3.05, 3.63) is 53.3 Å². The Morgan fingerprint density at radius 3 is 2.71 bits per heavy atom. The maximum atomic E-state index is 12.8. The predicted molar refractivity (Wildman–Crippen MR) is 85.9 cm³/mol. The van der Waals surface area contributed by atoms with E-state index in [1.807, 2.05) is 13.8 Å². The van der Waals surface area contributed by atoms with Gasteiger partial charge in [-0.1, -0.05) is 19.9 Å². The fourth-order valence-electron chi connectivity index (χ4n) is 2.50. The highest BCUT2D eigenvalue weighted by Crippen LogP contribution is 2.37. The molecule has 0 amide bonds. The molecule has 0 radical (unpaired) electrons. The molecule has 0 bridgehead atoms. The van der Waals surface area contributed by atoms with Gasteiger partial charge in [-0.15, -0.1) is 0 Å². The van der Waals surface area contributed by atoms with E-state index in [1.165, 1.54) is 6.07 Å². The second kappa shape index (κ2) is 6.26. The lowest BCUT2D eigenvalue weighted by Crippen LogP contribution is -2.09. The highest BCUT2D eigenvalue weighted by molar-refractivity contribution is 6.08. The smallest absolute Gasteiger partial charge is 0.416 e. The van der Waals surface area contributed by atoms with Gasteiger partial charge in [0.15, 0.2) is 0 Å². The molecule has 0 spiro atoms. The minimum atomic E-state index is -4.37. The quantitative estimate of drug-likeness (QED) is 0.804. The average Bonchev–Trinajstić information content (AvgIpc) is 2.95. The maximum Gasteiger partial charge on any atom is 0.416 e. The standard InChI is InChI=1S/C18H17F3N2O/c1-11(2)10-24-17-9-22-6-5-14(17)16-7-12-3-4-13(18(19,20)21)8-15(12)23-16/h3-6,8-9,11H,7,10H2,1-2H3. The van der Waals surface area contributed by atoms with Gasteiger partial charge >= 0.3 is 6.18 Å². The van der Waals surface area contributed by atoms with Gasteiger partial charge in [0.1, 0.15) is 5.75 Å². The van der Waals surface area contributed by atoms with Gasteiger partial charge in [0.05, 0.1) is 29.8 Å². The first-order chi connectivity index (χ1) is 11.3. The van der Waals surface area contributed by atoms with Crippen LogP contribution in [0.4, 0.5) is 18.9 Å². The number of aromatic nitrogens is 1. The number of fused-ring (bicyclic) bond motifs is 1. The maximum absolute atomic E-state index is 12.8. The lowest BCUT2D eigenvalue weighted by atomic mass is 10.0. The van der Waals surface area contributed by atoms with E-state index in [0.717, 1.165) is 23.3 Å². The molecule has 2 heterocycles. The molecular weight excluding hydrogens is 317 g/mol. The van der Waals surface area contributed by atoms with E-state index in [-0.39, 0.29) is 0 Å². The summed E-state index contributed by atoms with van der Waals surface area (Å²) in [7, 11) is 0. The van der Waals surface area contributed by atoms with Gasteiger partial charge in [-0.2, -0.15) is 13.2 Å². The van der Waals surface area contributed by atoms with E-state index in [2.05, 4.69) is 9.98 Å². The molecule has 0 unspecified atom stereocenters. The van der Waals surface area contributed by atoms with Gasteiger partial charge in [0, 0.05) is 18.2 Å². The number of alkyl halides is 3. The van der Waals surface area contributed by atoms with E-state index >= 15 is 0 Å². The van der Waals surface area contributed by atoms with Crippen LogP contribution in [0.15, 0.2) is 41.7 Å². The molecular formula is C18H17F3N2O. The van der Waals surface area contributed by atoms with Crippen LogP contribution >= 0.6 is 0 Å². The van der Waals surface area contributed by atoms with Crippen molar-refractivity contribution < 1.29 is 17.9 Å². The zero-order valence-electron chi connectivity index (χ0n) is 13.4. The molecule has 0 aliphatic carbocycles. The molecule has 2 aromatic rings. The lowest BCUT2D eigenvalue weighted by molar-refractivity contribution is -0.137. The number of nitrogens with zero attached hydrogens (tertiary/aromatic N) is 2. The second-order valence-corrected chi connectivity index (χ2v) is 6.15. The Kier molecular flexibility index (Phi) is 4.30. The van der Waals surface area contributed by atoms with Crippen LogP contribution < -0.4 is 4.74 Å². The molecule has 1 aliphatic heterocycles. The summed E-state index contributed by atoms with van der Waals surface area (Å²) in [5.41, 5.74) is 1.94. The largest absolute Gasteiger partial charge is 0.491 e. The van der Waals surface area contributed by atoms with Gasteiger partial charge in [-0.3, -0.25) is 9.98 Å². The third kappa shape index (κ3) is 3.42. The fraction of sp³-hybridized carbons (Fsp3) is 0.333. The number of halogens is 3. The van der Waals surface area contributed by atoms with E-state index in [9.17, 15) is 13.2 Å². The van der Waals surface area contributed by atoms with Gasteiger partial charge < -0.3 is 4.74 Å². The van der Waals surface area contributed by atoms with Gasteiger partial charge in [-0.25, -0.2) is 0 Å². The average molecular weight is 334 g/mol. The van der Waals surface area contributed by atoms with Crippen LogP contribution in [0.3, 0.4) is 0 Å². The summed E-state index contributed by atoms with van der Waals surface area (Å²) in [5, 5.41) is 0. The van der Waals surface area contributed by atoms with Crippen LogP contribution in [-0.2, 0) is 12.6 Å². The van der Waals surface area contributed by atoms with Gasteiger partial charge in [-0.05, 0) is 29.7 Å². The van der Waals surface area contributed by atoms with Crippen molar-refractivity contribution >= 4 is 11.4 Å². The molecule has 126 valence electrons. The zero-order valence-corrected chi connectivity index (χ0v) is 13.4. The summed E-state index contributed by atoms with van der Waals surface area (Å²) in [5.74, 6) is 0.962.